The van der Waals surface area contributed by atoms with Gasteiger partial charge >= 0.3 is 0 Å². The summed E-state index contributed by atoms with van der Waals surface area (Å²) in [5, 5.41) is 37.0. The molecule has 0 aromatic heterocycles. The molecule has 14 aromatic carbocycles. The zero-order chi connectivity index (χ0) is 58.2. The molecule has 0 radical (unpaired) electrons. The molecule has 0 aliphatic heterocycles. The summed E-state index contributed by atoms with van der Waals surface area (Å²) in [6.07, 6.45) is 0. The van der Waals surface area contributed by atoms with Gasteiger partial charge in [-0.2, -0.15) is 0 Å². The fourth-order valence-electron chi connectivity index (χ4n) is 16.1. The van der Waals surface area contributed by atoms with Gasteiger partial charge in [-0.1, -0.05) is 248 Å². The Morgan fingerprint density at radius 1 is 0.230 bits per heavy atom. The molecule has 0 amide bonds. The van der Waals surface area contributed by atoms with Gasteiger partial charge in [0.25, 0.3) is 0 Å². The molecule has 17 rings (SSSR count). The molecule has 3 aliphatic rings. The quantitative estimate of drug-likeness (QED) is 0.142. The predicted octanol–water partition coefficient (Wildman–Crippen LogP) is 19.8. The van der Waals surface area contributed by atoms with Gasteiger partial charge in [0.05, 0.1) is 16.2 Å². The van der Waals surface area contributed by atoms with Crippen LogP contribution in [-0.2, 0) is 16.2 Å². The number of rotatable bonds is 8. The van der Waals surface area contributed by atoms with E-state index in [0.29, 0.717) is 0 Å². The molecule has 3 aliphatic carbocycles. The van der Waals surface area contributed by atoms with Crippen LogP contribution in [0.4, 0.5) is 0 Å². The number of aromatic hydroxyl groups is 3. The summed E-state index contributed by atoms with van der Waals surface area (Å²) < 4.78 is 0. The number of phenolic OH excluding ortho intramolecular Hbond substituents is 3. The number of phenols is 3. The lowest BCUT2D eigenvalue weighted by Gasteiger charge is -2.35. The highest BCUT2D eigenvalue weighted by molar-refractivity contribution is 6.03. The largest absolute Gasteiger partial charge is 0.508 e. The van der Waals surface area contributed by atoms with Crippen molar-refractivity contribution in [3.8, 4) is 72.9 Å². The number of fused-ring (bicyclic) bond motifs is 11. The van der Waals surface area contributed by atoms with E-state index in [-0.39, 0.29) is 17.2 Å². The zero-order valence-electron chi connectivity index (χ0n) is 47.7. The van der Waals surface area contributed by atoms with E-state index in [1.54, 1.807) is 0 Å². The highest BCUT2D eigenvalue weighted by atomic mass is 16.3. The molecule has 410 valence electrons. The molecule has 2 atom stereocenters. The molecule has 0 bridgehead atoms. The topological polar surface area (TPSA) is 60.7 Å². The Kier molecular flexibility index (Phi) is 11.0. The second-order valence-corrected chi connectivity index (χ2v) is 23.9. The lowest BCUT2D eigenvalue weighted by atomic mass is 9.66. The minimum Gasteiger partial charge on any atom is -0.508 e. The van der Waals surface area contributed by atoms with Crippen LogP contribution in [-0.4, -0.2) is 15.3 Å². The number of aryl methyl sites for hydroxylation is 1. The summed E-state index contributed by atoms with van der Waals surface area (Å²) in [4.78, 5) is 0. The van der Waals surface area contributed by atoms with Crippen molar-refractivity contribution >= 4 is 21.5 Å². The van der Waals surface area contributed by atoms with Crippen molar-refractivity contribution in [2.45, 2.75) is 23.2 Å². The van der Waals surface area contributed by atoms with Gasteiger partial charge in [0.1, 0.15) is 17.2 Å². The van der Waals surface area contributed by atoms with Crippen LogP contribution in [0.5, 0.6) is 17.2 Å². The third kappa shape index (κ3) is 7.06. The minimum absolute atomic E-state index is 0.217. The SMILES string of the molecule is Cc1ccc(C2(c3ccc(O)cc3)c3ccccc3-c3cc(-c4cccc5cc(C6(c7ccc(O)cc7)c7ccccc7-c7c(-c8cc(C9(c%10ccc(O)cc%10)c%10ccccc%10-c%10ccccc%109)c9ccccc9c8)cccc76)ccc45)ccc32)cc1. The summed E-state index contributed by atoms with van der Waals surface area (Å²) in [6, 6.07) is 109. The van der Waals surface area contributed by atoms with Crippen LogP contribution in [0.1, 0.15) is 72.3 Å². The van der Waals surface area contributed by atoms with Gasteiger partial charge in [-0.05, 0) is 212 Å². The lowest BCUT2D eigenvalue weighted by Crippen LogP contribution is -2.29. The highest BCUT2D eigenvalue weighted by Crippen LogP contribution is 2.62. The molecule has 0 saturated heterocycles. The molecule has 3 N–H and O–H groups in total. The van der Waals surface area contributed by atoms with E-state index >= 15 is 0 Å². The number of benzene rings is 14. The smallest absolute Gasteiger partial charge is 0.115 e. The van der Waals surface area contributed by atoms with Gasteiger partial charge in [-0.15, -0.1) is 0 Å². The maximum Gasteiger partial charge on any atom is 0.115 e. The lowest BCUT2D eigenvalue weighted by molar-refractivity contribution is 0.474. The van der Waals surface area contributed by atoms with E-state index < -0.39 is 16.2 Å². The van der Waals surface area contributed by atoms with Gasteiger partial charge in [0.15, 0.2) is 0 Å². The molecular formula is C84H56O3. The summed E-state index contributed by atoms with van der Waals surface area (Å²) in [5.74, 6) is 0.692. The molecule has 2 unspecified atom stereocenters. The van der Waals surface area contributed by atoms with Crippen molar-refractivity contribution in [2.24, 2.45) is 0 Å². The Morgan fingerprint density at radius 2 is 0.644 bits per heavy atom. The zero-order valence-corrected chi connectivity index (χ0v) is 47.7. The van der Waals surface area contributed by atoms with Crippen LogP contribution < -0.4 is 0 Å². The molecular weight excluding hydrogens is 1060 g/mol. The molecule has 14 aromatic rings. The molecule has 87 heavy (non-hydrogen) atoms. The van der Waals surface area contributed by atoms with E-state index in [2.05, 4.69) is 274 Å². The van der Waals surface area contributed by atoms with E-state index in [4.69, 9.17) is 0 Å². The Morgan fingerprint density at radius 3 is 1.26 bits per heavy atom. The second kappa shape index (κ2) is 19.0. The van der Waals surface area contributed by atoms with E-state index in [9.17, 15) is 15.3 Å². The molecule has 0 spiro atoms. The van der Waals surface area contributed by atoms with Crippen LogP contribution >= 0.6 is 0 Å². The first-order valence-electron chi connectivity index (χ1n) is 30.0. The van der Waals surface area contributed by atoms with Gasteiger partial charge in [0.2, 0.25) is 0 Å². The van der Waals surface area contributed by atoms with Crippen LogP contribution in [0, 0.1) is 6.92 Å². The molecule has 3 nitrogen and oxygen atoms in total. The van der Waals surface area contributed by atoms with Crippen LogP contribution in [0.3, 0.4) is 0 Å². The summed E-state index contributed by atoms with van der Waals surface area (Å²) >= 11 is 0. The fourth-order valence-corrected chi connectivity index (χ4v) is 16.1. The third-order valence-electron chi connectivity index (χ3n) is 19.7. The molecule has 0 saturated carbocycles. The van der Waals surface area contributed by atoms with Gasteiger partial charge in [-0.25, -0.2) is 0 Å². The van der Waals surface area contributed by atoms with Gasteiger partial charge < -0.3 is 15.3 Å². The first-order valence-corrected chi connectivity index (χ1v) is 30.0. The molecule has 0 fully saturated rings. The first kappa shape index (κ1) is 50.5. The summed E-state index contributed by atoms with van der Waals surface area (Å²) in [5.41, 5.74) is 24.7. The van der Waals surface area contributed by atoms with Crippen molar-refractivity contribution in [3.63, 3.8) is 0 Å². The van der Waals surface area contributed by atoms with E-state index in [1.165, 1.54) is 77.9 Å². The Balaban J connectivity index is 0.868. The van der Waals surface area contributed by atoms with Crippen molar-refractivity contribution in [2.75, 3.05) is 0 Å². The predicted molar refractivity (Wildman–Crippen MR) is 354 cm³/mol. The van der Waals surface area contributed by atoms with Crippen molar-refractivity contribution in [1.82, 2.24) is 0 Å². The first-order chi connectivity index (χ1) is 42.8. The van der Waals surface area contributed by atoms with Crippen LogP contribution in [0.15, 0.2) is 303 Å². The van der Waals surface area contributed by atoms with E-state index in [0.717, 1.165) is 71.6 Å². The monoisotopic (exact) mass is 1110 g/mol. The average molecular weight is 1110 g/mol. The van der Waals surface area contributed by atoms with Crippen molar-refractivity contribution < 1.29 is 15.3 Å². The molecule has 3 heteroatoms. The van der Waals surface area contributed by atoms with Crippen LogP contribution in [0.25, 0.3) is 77.2 Å². The molecule has 0 heterocycles. The maximum atomic E-state index is 11.0. The van der Waals surface area contributed by atoms with Gasteiger partial charge in [-0.3, -0.25) is 0 Å². The minimum atomic E-state index is -0.791. The fraction of sp³-hybridized carbons (Fsp3) is 0.0476. The highest BCUT2D eigenvalue weighted by Gasteiger charge is 2.50. The Hall–Kier alpha value is -11.0. The summed E-state index contributed by atoms with van der Waals surface area (Å²) in [7, 11) is 0. The van der Waals surface area contributed by atoms with Crippen LogP contribution in [0.2, 0.25) is 0 Å². The second-order valence-electron chi connectivity index (χ2n) is 23.9. The number of hydrogen-bond acceptors (Lipinski definition) is 3. The normalized spacial score (nSPS) is 16.4. The Labute approximate surface area is 505 Å². The standard InChI is InChI=1S/C84H56O3/c1-52-28-31-57(32-29-52)82(58-33-40-62(85)41-34-58)74-23-8-6-19-71(74)73-50-55(30-47-78(73)82)65-21-12-15-54-49-61(39-46-66(54)65)83(59-35-42-63(86)43-36-59)77-26-11-7-20-72(77)81-68(22-13-27-79(81)83)56-48-53-14-2-3-16-67(53)80(51-56)84(60-37-44-64(87)45-38-60)75-24-9-4-17-69(75)70-18-5-10-25-76(70)84/h2-51,85-87H,1H3. The van der Waals surface area contributed by atoms with Crippen molar-refractivity contribution in [3.05, 3.63) is 376 Å². The van der Waals surface area contributed by atoms with Crippen molar-refractivity contribution in [1.29, 1.82) is 0 Å². The number of hydrogen-bond donors (Lipinski definition) is 3. The summed E-state index contributed by atoms with van der Waals surface area (Å²) in [6.45, 7) is 2.13. The maximum absolute atomic E-state index is 11.0. The third-order valence-corrected chi connectivity index (χ3v) is 19.7. The van der Waals surface area contributed by atoms with E-state index in [1.807, 2.05) is 36.4 Å². The average Bonchev–Trinajstić information content (AvgIpc) is 1.62. The Bertz CT molecular complexity index is 5040. The van der Waals surface area contributed by atoms with Gasteiger partial charge in [0, 0.05) is 0 Å².